The van der Waals surface area contributed by atoms with E-state index in [-0.39, 0.29) is 37.4 Å². The summed E-state index contributed by atoms with van der Waals surface area (Å²) in [5.74, 6) is 0.0504. The molecule has 0 fully saturated rings. The van der Waals surface area contributed by atoms with E-state index in [2.05, 4.69) is 50.0 Å². The van der Waals surface area contributed by atoms with Crippen molar-refractivity contribution in [3.63, 3.8) is 0 Å². The van der Waals surface area contributed by atoms with E-state index in [1.54, 1.807) is 0 Å². The molecule has 5 rings (SSSR count). The van der Waals surface area contributed by atoms with Crippen molar-refractivity contribution < 1.29 is 34.8 Å². The Labute approximate surface area is 219 Å². The minimum Gasteiger partial charge on any atom is -0.512 e. The number of pyridine rings is 1. The molecule has 1 aliphatic rings. The zero-order valence-corrected chi connectivity index (χ0v) is 22.7. The molecule has 4 aromatic rings. The minimum atomic E-state index is -0.125. The van der Waals surface area contributed by atoms with Crippen molar-refractivity contribution in [2.45, 2.75) is 34.6 Å². The Hall–Kier alpha value is -3.40. The van der Waals surface area contributed by atoms with Crippen molar-refractivity contribution in [1.82, 2.24) is 4.98 Å². The van der Waals surface area contributed by atoms with Crippen LogP contribution in [0.2, 0.25) is 0 Å². The van der Waals surface area contributed by atoms with Gasteiger partial charge in [0, 0.05) is 49.1 Å². The van der Waals surface area contributed by atoms with Gasteiger partial charge in [-0.2, -0.15) is 0 Å². The Morgan fingerprint density at radius 1 is 0.943 bits per heavy atom. The Kier molecular flexibility index (Phi) is 7.84. The number of nitrogens with zero attached hydrogens (tertiary/aromatic N) is 1. The number of fused-ring (bicyclic) bond motifs is 5. The van der Waals surface area contributed by atoms with Crippen molar-refractivity contribution in [2.24, 2.45) is 0 Å². The molecule has 1 aliphatic carbocycles. The smallest absolute Gasteiger partial charge is 0.194 e. The van der Waals surface area contributed by atoms with Crippen molar-refractivity contribution >= 4 is 22.3 Å². The average molecular weight is 641 g/mol. The molecular weight excluding hydrogens is 615 g/mol. The summed E-state index contributed by atoms with van der Waals surface area (Å²) in [6.07, 6.45) is 3.00. The van der Waals surface area contributed by atoms with Gasteiger partial charge in [-0.3, -0.25) is 9.59 Å². The Balaban J connectivity index is 0.000000378. The maximum atomic E-state index is 12.9. The van der Waals surface area contributed by atoms with Crippen LogP contribution in [-0.4, -0.2) is 21.7 Å². The van der Waals surface area contributed by atoms with Gasteiger partial charge in [0.05, 0.1) is 5.76 Å². The van der Waals surface area contributed by atoms with Crippen molar-refractivity contribution in [3.8, 4) is 22.4 Å². The second-order valence-corrected chi connectivity index (χ2v) is 8.72. The Morgan fingerprint density at radius 2 is 1.66 bits per heavy atom. The van der Waals surface area contributed by atoms with E-state index < -0.39 is 0 Å². The first-order valence-electron chi connectivity index (χ1n) is 11.1. The fraction of sp³-hybridized carbons (Fsp3) is 0.167. The zero-order chi connectivity index (χ0) is 24.6. The van der Waals surface area contributed by atoms with E-state index in [1.165, 1.54) is 25.5 Å². The second kappa shape index (κ2) is 10.5. The van der Waals surface area contributed by atoms with Gasteiger partial charge in [-0.1, -0.05) is 44.2 Å². The molecular formula is C30H26IrNO3-. The van der Waals surface area contributed by atoms with E-state index in [9.17, 15) is 9.59 Å². The fourth-order valence-electron chi connectivity index (χ4n) is 4.58. The van der Waals surface area contributed by atoms with E-state index in [1.807, 2.05) is 36.5 Å². The molecule has 0 bridgehead atoms. The van der Waals surface area contributed by atoms with Crippen LogP contribution in [0, 0.1) is 26.8 Å². The predicted molar refractivity (Wildman–Crippen MR) is 136 cm³/mol. The van der Waals surface area contributed by atoms with Gasteiger partial charge < -0.3 is 10.1 Å². The number of aryl methyl sites for hydroxylation is 3. The topological polar surface area (TPSA) is 67.3 Å². The monoisotopic (exact) mass is 641 g/mol. The molecule has 0 saturated heterocycles. The van der Waals surface area contributed by atoms with Crippen molar-refractivity contribution in [3.05, 3.63) is 100 Å². The molecule has 179 valence electrons. The third-order valence-corrected chi connectivity index (χ3v) is 5.77. The molecule has 1 N–H and O–H groups in total. The van der Waals surface area contributed by atoms with Gasteiger partial charge >= 0.3 is 0 Å². The van der Waals surface area contributed by atoms with Gasteiger partial charge in [-0.05, 0) is 54.4 Å². The standard InChI is InChI=1S/C25H18NO.C5H8O2.Ir/c1-14-11-15(2)13-17(12-14)24-19-7-8-21-23(18(19)9-10-26-24)22-16(3)5-4-6-20(22)25(21)27;1-4(6)3-5(2)7;/h4-12H,1-3H3;3,6H,1-2H3;/q-1;;/b;4-3-;. The third kappa shape index (κ3) is 5.17. The van der Waals surface area contributed by atoms with Crippen LogP contribution in [-0.2, 0) is 24.9 Å². The van der Waals surface area contributed by atoms with Crippen LogP contribution in [0.5, 0.6) is 0 Å². The maximum Gasteiger partial charge on any atom is 0.194 e. The number of benzene rings is 3. The first kappa shape index (κ1) is 26.2. The maximum absolute atomic E-state index is 12.9. The zero-order valence-electron chi connectivity index (χ0n) is 20.3. The first-order valence-corrected chi connectivity index (χ1v) is 11.1. The predicted octanol–water partition coefficient (Wildman–Crippen LogP) is 6.87. The number of aromatic nitrogens is 1. The van der Waals surface area contributed by atoms with Gasteiger partial charge in [0.1, 0.15) is 0 Å². The molecule has 0 spiro atoms. The molecule has 3 aromatic carbocycles. The number of carbonyl (C=O) groups is 2. The summed E-state index contributed by atoms with van der Waals surface area (Å²) >= 11 is 0. The summed E-state index contributed by atoms with van der Waals surface area (Å²) in [5, 5.41) is 10.5. The summed E-state index contributed by atoms with van der Waals surface area (Å²) in [4.78, 5) is 27.6. The summed E-state index contributed by atoms with van der Waals surface area (Å²) in [6, 6.07) is 19.6. The normalized spacial score (nSPS) is 11.8. The van der Waals surface area contributed by atoms with Gasteiger partial charge in [0.25, 0.3) is 0 Å². The van der Waals surface area contributed by atoms with Crippen LogP contribution in [0.3, 0.4) is 0 Å². The van der Waals surface area contributed by atoms with Crippen LogP contribution in [0.25, 0.3) is 33.2 Å². The Morgan fingerprint density at radius 3 is 2.29 bits per heavy atom. The summed E-state index contributed by atoms with van der Waals surface area (Å²) in [7, 11) is 0. The molecule has 1 heterocycles. The summed E-state index contributed by atoms with van der Waals surface area (Å²) in [5.41, 5.74) is 9.01. The summed E-state index contributed by atoms with van der Waals surface area (Å²) < 4.78 is 0. The number of allylic oxidation sites excluding steroid dienone is 2. The minimum absolute atomic E-state index is 0. The largest absolute Gasteiger partial charge is 0.512 e. The van der Waals surface area contributed by atoms with Crippen LogP contribution in [0.1, 0.15) is 46.5 Å². The van der Waals surface area contributed by atoms with E-state index in [0.717, 1.165) is 55.4 Å². The Bertz CT molecular complexity index is 1480. The van der Waals surface area contributed by atoms with Gasteiger partial charge in [-0.15, -0.1) is 34.9 Å². The van der Waals surface area contributed by atoms with Gasteiger partial charge in [0.15, 0.2) is 11.6 Å². The van der Waals surface area contributed by atoms with Crippen LogP contribution < -0.4 is 0 Å². The quantitative estimate of drug-likeness (QED) is 0.130. The second-order valence-electron chi connectivity index (χ2n) is 8.72. The number of rotatable bonds is 2. The number of aliphatic hydroxyl groups excluding tert-OH is 1. The SMILES string of the molecule is CC(=O)/C=C(/C)O.Cc1[c-]c(-c2nccc3c4c(ccc23)C(=O)c2cccc(C)c2-4)cc(C)c1.[Ir]. The van der Waals surface area contributed by atoms with Crippen molar-refractivity contribution in [2.75, 3.05) is 0 Å². The molecule has 1 aromatic heterocycles. The molecule has 35 heavy (non-hydrogen) atoms. The van der Waals surface area contributed by atoms with E-state index in [4.69, 9.17) is 5.11 Å². The number of carbonyl (C=O) groups excluding carboxylic acids is 2. The number of hydrogen-bond donors (Lipinski definition) is 1. The molecule has 1 radical (unpaired) electrons. The average Bonchev–Trinajstić information content (AvgIpc) is 3.06. The number of hydrogen-bond acceptors (Lipinski definition) is 4. The van der Waals surface area contributed by atoms with E-state index in [0.29, 0.717) is 0 Å². The number of aliphatic hydroxyl groups is 1. The van der Waals surface area contributed by atoms with Gasteiger partial charge in [0.2, 0.25) is 0 Å². The van der Waals surface area contributed by atoms with Crippen LogP contribution >= 0.6 is 0 Å². The molecule has 0 atom stereocenters. The molecule has 0 saturated carbocycles. The van der Waals surface area contributed by atoms with Crippen molar-refractivity contribution in [1.29, 1.82) is 0 Å². The summed E-state index contributed by atoms with van der Waals surface area (Å²) in [6.45, 7) is 9.06. The molecule has 0 unspecified atom stereocenters. The number of ketones is 2. The first-order chi connectivity index (χ1) is 16.2. The third-order valence-electron chi connectivity index (χ3n) is 5.77. The fourth-order valence-corrected chi connectivity index (χ4v) is 4.58. The van der Waals surface area contributed by atoms with Crippen LogP contribution in [0.4, 0.5) is 0 Å². The molecule has 0 aliphatic heterocycles. The van der Waals surface area contributed by atoms with Gasteiger partial charge in [-0.25, -0.2) is 0 Å². The molecule has 0 amide bonds. The van der Waals surface area contributed by atoms with E-state index >= 15 is 0 Å². The molecule has 5 heteroatoms. The molecule has 4 nitrogen and oxygen atoms in total. The van der Waals surface area contributed by atoms with Crippen LogP contribution in [0.15, 0.2) is 66.6 Å².